The Balaban J connectivity index is 1.78. The molecule has 4 amide bonds. The standard InChI is InChI=1S/C22H19BrCl2N2O6/c1-33-9-2-5-14(28)12(6-9)16-10-3-4-11-15(18(30)26-17(11)29)13(10)7-21(24)19(31)27(8-23)20(32)22(16,21)25/h2-3,5-6,11,13,15-16,28H,4,7-8H2,1H3,(H,26,29,30). The highest BCUT2D eigenvalue weighted by atomic mass is 79.9. The van der Waals surface area contributed by atoms with Gasteiger partial charge in [-0.1, -0.05) is 27.6 Å². The van der Waals surface area contributed by atoms with Gasteiger partial charge in [0.1, 0.15) is 11.5 Å². The van der Waals surface area contributed by atoms with Gasteiger partial charge in [-0.25, -0.2) is 0 Å². The molecule has 2 aliphatic carbocycles. The molecule has 0 aromatic heterocycles. The van der Waals surface area contributed by atoms with Gasteiger partial charge in [0, 0.05) is 11.5 Å². The molecular formula is C22H19BrCl2N2O6. The zero-order valence-electron chi connectivity index (χ0n) is 17.3. The molecule has 0 bridgehead atoms. The number of ether oxygens (including phenoxy) is 1. The van der Waals surface area contributed by atoms with E-state index in [9.17, 15) is 24.3 Å². The third-order valence-electron chi connectivity index (χ3n) is 7.40. The predicted molar refractivity (Wildman–Crippen MR) is 121 cm³/mol. The molecule has 6 atom stereocenters. The van der Waals surface area contributed by atoms with Crippen LogP contribution in [0.25, 0.3) is 0 Å². The average molecular weight is 558 g/mol. The number of allylic oxidation sites excluding steroid dienone is 2. The molecule has 2 heterocycles. The molecule has 2 saturated heterocycles. The third kappa shape index (κ3) is 2.76. The number of methoxy groups -OCH3 is 1. The van der Waals surface area contributed by atoms with Crippen molar-refractivity contribution in [1.29, 1.82) is 0 Å². The average Bonchev–Trinajstić information content (AvgIpc) is 3.16. The van der Waals surface area contributed by atoms with Crippen molar-refractivity contribution in [3.05, 3.63) is 35.4 Å². The number of amides is 4. The van der Waals surface area contributed by atoms with E-state index in [4.69, 9.17) is 27.9 Å². The van der Waals surface area contributed by atoms with Crippen LogP contribution in [0.5, 0.6) is 11.5 Å². The molecule has 11 heteroatoms. The van der Waals surface area contributed by atoms with Crippen molar-refractivity contribution in [1.82, 2.24) is 10.2 Å². The summed E-state index contributed by atoms with van der Waals surface area (Å²) >= 11 is 17.2. The lowest BCUT2D eigenvalue weighted by atomic mass is 9.56. The van der Waals surface area contributed by atoms with E-state index in [1.807, 2.05) is 0 Å². The smallest absolute Gasteiger partial charge is 0.254 e. The van der Waals surface area contributed by atoms with Crippen molar-refractivity contribution in [3.8, 4) is 11.5 Å². The molecule has 3 fully saturated rings. The van der Waals surface area contributed by atoms with Crippen molar-refractivity contribution in [3.63, 3.8) is 0 Å². The first-order valence-electron chi connectivity index (χ1n) is 10.3. The van der Waals surface area contributed by atoms with E-state index in [1.54, 1.807) is 18.2 Å². The second kappa shape index (κ2) is 7.45. The van der Waals surface area contributed by atoms with Gasteiger partial charge < -0.3 is 9.84 Å². The van der Waals surface area contributed by atoms with Gasteiger partial charge in [-0.2, -0.15) is 0 Å². The van der Waals surface area contributed by atoms with E-state index in [0.717, 1.165) is 4.90 Å². The number of imide groups is 2. The van der Waals surface area contributed by atoms with Crippen LogP contribution in [0.1, 0.15) is 24.3 Å². The van der Waals surface area contributed by atoms with Crippen molar-refractivity contribution < 1.29 is 29.0 Å². The third-order valence-corrected chi connectivity index (χ3v) is 9.32. The summed E-state index contributed by atoms with van der Waals surface area (Å²) in [6, 6.07) is 4.51. The van der Waals surface area contributed by atoms with Crippen LogP contribution in [0.3, 0.4) is 0 Å². The fraction of sp³-hybridized carbons (Fsp3) is 0.455. The summed E-state index contributed by atoms with van der Waals surface area (Å²) in [6.07, 6.45) is 1.96. The first kappa shape index (κ1) is 22.7. The normalized spacial score (nSPS) is 37.3. The Morgan fingerprint density at radius 1 is 1.18 bits per heavy atom. The fourth-order valence-electron chi connectivity index (χ4n) is 5.90. The number of hydrogen-bond acceptors (Lipinski definition) is 6. The van der Waals surface area contributed by atoms with Crippen molar-refractivity contribution in [2.75, 3.05) is 12.6 Å². The Labute approximate surface area is 207 Å². The Bertz CT molecular complexity index is 1160. The van der Waals surface area contributed by atoms with Gasteiger partial charge in [-0.15, -0.1) is 23.2 Å². The van der Waals surface area contributed by atoms with E-state index in [1.165, 1.54) is 13.2 Å². The number of benzene rings is 1. The molecule has 33 heavy (non-hydrogen) atoms. The topological polar surface area (TPSA) is 113 Å². The molecule has 174 valence electrons. The first-order valence-corrected chi connectivity index (χ1v) is 12.2. The number of alkyl halides is 3. The van der Waals surface area contributed by atoms with Crippen LogP contribution >= 0.6 is 39.1 Å². The van der Waals surface area contributed by atoms with Gasteiger partial charge in [-0.05, 0) is 37.0 Å². The van der Waals surface area contributed by atoms with Crippen LogP contribution in [0, 0.1) is 17.8 Å². The van der Waals surface area contributed by atoms with Crippen LogP contribution in [0.2, 0.25) is 0 Å². The van der Waals surface area contributed by atoms with Crippen LogP contribution in [0.4, 0.5) is 0 Å². The maximum Gasteiger partial charge on any atom is 0.254 e. The maximum atomic E-state index is 13.6. The molecular weight excluding hydrogens is 539 g/mol. The van der Waals surface area contributed by atoms with E-state index in [-0.39, 0.29) is 35.5 Å². The lowest BCUT2D eigenvalue weighted by Crippen LogP contribution is -2.60. The summed E-state index contributed by atoms with van der Waals surface area (Å²) in [7, 11) is 1.46. The van der Waals surface area contributed by atoms with Gasteiger partial charge in [-0.3, -0.25) is 29.4 Å². The molecule has 6 unspecified atom stereocenters. The molecule has 1 aromatic rings. The molecule has 5 rings (SSSR count). The number of phenolic OH excluding ortho intramolecular Hbond substituents is 1. The second-order valence-corrected chi connectivity index (χ2v) is 10.5. The summed E-state index contributed by atoms with van der Waals surface area (Å²) in [5.41, 5.74) is 0.749. The van der Waals surface area contributed by atoms with E-state index < -0.39 is 51.1 Å². The minimum Gasteiger partial charge on any atom is -0.508 e. The van der Waals surface area contributed by atoms with Crippen LogP contribution in [0.15, 0.2) is 29.8 Å². The van der Waals surface area contributed by atoms with Gasteiger partial charge in [0.05, 0.1) is 24.4 Å². The number of halogens is 3. The Morgan fingerprint density at radius 2 is 1.91 bits per heavy atom. The lowest BCUT2D eigenvalue weighted by Gasteiger charge is -2.50. The summed E-state index contributed by atoms with van der Waals surface area (Å²) in [4.78, 5) is 49.1. The summed E-state index contributed by atoms with van der Waals surface area (Å²) < 4.78 is 5.31. The number of nitrogens with one attached hydrogen (secondary N) is 1. The highest BCUT2D eigenvalue weighted by Crippen LogP contribution is 2.65. The molecule has 4 aliphatic rings. The lowest BCUT2D eigenvalue weighted by molar-refractivity contribution is -0.138. The number of likely N-dealkylation sites (tertiary alicyclic amines) is 1. The number of carbonyl (C=O) groups excluding carboxylic acids is 4. The van der Waals surface area contributed by atoms with Crippen LogP contribution in [-0.4, -0.2) is 55.9 Å². The minimum atomic E-state index is -1.96. The van der Waals surface area contributed by atoms with Gasteiger partial charge in [0.2, 0.25) is 11.8 Å². The quantitative estimate of drug-likeness (QED) is 0.255. The van der Waals surface area contributed by atoms with Crippen molar-refractivity contribution >= 4 is 62.8 Å². The number of nitrogens with zero attached hydrogens (tertiary/aromatic N) is 1. The number of phenols is 1. The zero-order chi connectivity index (χ0) is 23.9. The first-order chi connectivity index (χ1) is 15.6. The maximum absolute atomic E-state index is 13.6. The predicted octanol–water partition coefficient (Wildman–Crippen LogP) is 2.40. The number of fused-ring (bicyclic) bond motifs is 4. The molecule has 2 N–H and O–H groups in total. The van der Waals surface area contributed by atoms with E-state index in [0.29, 0.717) is 11.3 Å². The number of carbonyl (C=O) groups is 4. The molecule has 0 spiro atoms. The Kier molecular flexibility index (Phi) is 5.12. The second-order valence-electron chi connectivity index (χ2n) is 8.76. The molecule has 0 radical (unpaired) electrons. The SMILES string of the molecule is COc1ccc(O)c(C2C3=CCC4C(=O)NC(=O)C4C3CC3(Cl)C(=O)N(CBr)C(=O)C23Cl)c1. The van der Waals surface area contributed by atoms with Gasteiger partial charge in [0.25, 0.3) is 11.8 Å². The monoisotopic (exact) mass is 556 g/mol. The van der Waals surface area contributed by atoms with Crippen LogP contribution < -0.4 is 10.1 Å². The summed E-state index contributed by atoms with van der Waals surface area (Å²) in [5, 5.41) is 13.2. The van der Waals surface area contributed by atoms with Gasteiger partial charge in [0.15, 0.2) is 9.75 Å². The fourth-order valence-corrected chi connectivity index (χ4v) is 7.32. The summed E-state index contributed by atoms with van der Waals surface area (Å²) in [5.74, 6) is -4.93. The Hall–Kier alpha value is -2.10. The summed E-state index contributed by atoms with van der Waals surface area (Å²) in [6.45, 7) is 0. The minimum absolute atomic E-state index is 0.0962. The van der Waals surface area contributed by atoms with Gasteiger partial charge >= 0.3 is 0 Å². The number of hydrogen-bond donors (Lipinski definition) is 2. The molecule has 1 aromatic carbocycles. The number of rotatable bonds is 3. The van der Waals surface area contributed by atoms with Crippen molar-refractivity contribution in [2.45, 2.75) is 28.5 Å². The van der Waals surface area contributed by atoms with Crippen LogP contribution in [-0.2, 0) is 19.2 Å². The zero-order valence-corrected chi connectivity index (χ0v) is 20.4. The Morgan fingerprint density at radius 3 is 2.58 bits per heavy atom. The van der Waals surface area contributed by atoms with E-state index in [2.05, 4.69) is 21.2 Å². The molecule has 8 nitrogen and oxygen atoms in total. The largest absolute Gasteiger partial charge is 0.508 e. The van der Waals surface area contributed by atoms with Crippen molar-refractivity contribution in [2.24, 2.45) is 17.8 Å². The highest BCUT2D eigenvalue weighted by molar-refractivity contribution is 9.09. The highest BCUT2D eigenvalue weighted by Gasteiger charge is 2.76. The number of aromatic hydroxyl groups is 1. The van der Waals surface area contributed by atoms with E-state index >= 15 is 0 Å². The molecule has 2 aliphatic heterocycles. The molecule has 1 saturated carbocycles.